The number of hydrogen-bond donors (Lipinski definition) is 2. The van der Waals surface area contributed by atoms with Crippen molar-refractivity contribution in [2.75, 3.05) is 52.7 Å². The summed E-state index contributed by atoms with van der Waals surface area (Å²) in [7, 11) is 0.311. The molecule has 0 saturated carbocycles. The van der Waals surface area contributed by atoms with Crippen LogP contribution in [0.2, 0.25) is 0 Å². The molecule has 180 valence electrons. The number of carbonyl (C=O) groups excluding carboxylic acids is 2. The van der Waals surface area contributed by atoms with E-state index in [4.69, 9.17) is 4.74 Å². The predicted molar refractivity (Wildman–Crippen MR) is 111 cm³/mol. The highest BCUT2D eigenvalue weighted by atomic mass is 32.2. The predicted octanol–water partition coefficient (Wildman–Crippen LogP) is 1.27. The number of likely N-dealkylation sites (tertiary alicyclic amines) is 1. The highest BCUT2D eigenvalue weighted by molar-refractivity contribution is 7.89. The van der Waals surface area contributed by atoms with E-state index in [0.29, 0.717) is 25.9 Å². The number of sulfonamides is 1. The summed E-state index contributed by atoms with van der Waals surface area (Å²) in [4.78, 5) is 26.0. The van der Waals surface area contributed by atoms with Gasteiger partial charge < -0.3 is 15.4 Å². The van der Waals surface area contributed by atoms with E-state index in [0.717, 1.165) is 4.31 Å². The Balaban J connectivity index is 1.92. The summed E-state index contributed by atoms with van der Waals surface area (Å²) in [5.41, 5.74) is 0.276. The molecule has 1 aromatic rings. The number of rotatable bonds is 8. The fourth-order valence-corrected chi connectivity index (χ4v) is 4.32. The fraction of sp³-hybridized carbons (Fsp3) is 0.579. The zero-order valence-corrected chi connectivity index (χ0v) is 18.8. The van der Waals surface area contributed by atoms with Crippen molar-refractivity contribution in [2.24, 2.45) is 5.92 Å². The van der Waals surface area contributed by atoms with Crippen molar-refractivity contribution in [1.29, 1.82) is 0 Å². The third-order valence-electron chi connectivity index (χ3n) is 4.99. The Morgan fingerprint density at radius 3 is 2.38 bits per heavy atom. The van der Waals surface area contributed by atoms with Gasteiger partial charge in [-0.15, -0.1) is 0 Å². The van der Waals surface area contributed by atoms with Crippen molar-refractivity contribution >= 4 is 27.5 Å². The molecule has 1 fully saturated rings. The normalized spacial score (nSPS) is 16.1. The molecule has 9 nitrogen and oxygen atoms in total. The minimum atomic E-state index is -4.46. The third-order valence-corrected chi connectivity index (χ3v) is 6.83. The van der Waals surface area contributed by atoms with E-state index in [1.807, 2.05) is 5.32 Å². The van der Waals surface area contributed by atoms with Gasteiger partial charge in [0.2, 0.25) is 21.8 Å². The Kier molecular flexibility index (Phi) is 8.48. The van der Waals surface area contributed by atoms with E-state index in [9.17, 15) is 31.2 Å². The fourth-order valence-electron chi connectivity index (χ4n) is 3.24. The number of benzene rings is 1. The smallest absolute Gasteiger partial charge is 0.405 e. The standard InChI is InChI=1S/C19H27F3N4O5S/c1-25(2)32(29,30)16-10-14(4-5-15(16)31-3)24-17(27)11-26-8-6-13(7-9-26)18(28)23-12-19(20,21)22/h4-5,10,13H,6-9,11-12H2,1-3H3,(H,23,28)(H,24,27). The SMILES string of the molecule is COc1ccc(NC(=O)CN2CCC(C(=O)NCC(F)(F)F)CC2)cc1S(=O)(=O)N(C)C. The molecule has 2 rings (SSSR count). The van der Waals surface area contributed by atoms with Gasteiger partial charge in [0.15, 0.2) is 0 Å². The second-order valence-corrected chi connectivity index (χ2v) is 9.70. The van der Waals surface area contributed by atoms with Gasteiger partial charge in [0, 0.05) is 25.7 Å². The lowest BCUT2D eigenvalue weighted by atomic mass is 9.96. The molecule has 1 aliphatic rings. The van der Waals surface area contributed by atoms with Crippen molar-refractivity contribution < 1.29 is 35.9 Å². The lowest BCUT2D eigenvalue weighted by molar-refractivity contribution is -0.141. The number of hydrogen-bond acceptors (Lipinski definition) is 6. The van der Waals surface area contributed by atoms with Crippen molar-refractivity contribution in [2.45, 2.75) is 23.9 Å². The number of ether oxygens (including phenoxy) is 1. The molecule has 2 N–H and O–H groups in total. The van der Waals surface area contributed by atoms with Crippen LogP contribution >= 0.6 is 0 Å². The molecular weight excluding hydrogens is 453 g/mol. The van der Waals surface area contributed by atoms with Gasteiger partial charge >= 0.3 is 6.18 Å². The van der Waals surface area contributed by atoms with Crippen LogP contribution in [0.15, 0.2) is 23.1 Å². The molecule has 32 heavy (non-hydrogen) atoms. The van der Waals surface area contributed by atoms with Gasteiger partial charge in [-0.05, 0) is 44.1 Å². The van der Waals surface area contributed by atoms with Crippen LogP contribution in [0.1, 0.15) is 12.8 Å². The quantitative estimate of drug-likeness (QED) is 0.580. The molecule has 2 amide bonds. The number of methoxy groups -OCH3 is 1. The number of nitrogens with zero attached hydrogens (tertiary/aromatic N) is 2. The highest BCUT2D eigenvalue weighted by Gasteiger charge is 2.31. The first kappa shape index (κ1) is 25.9. The number of piperidine rings is 1. The minimum Gasteiger partial charge on any atom is -0.495 e. The molecule has 0 atom stereocenters. The van der Waals surface area contributed by atoms with Crippen LogP contribution in [0.3, 0.4) is 0 Å². The van der Waals surface area contributed by atoms with E-state index in [1.54, 1.807) is 4.90 Å². The Hall–Kier alpha value is -2.38. The Labute approximate surface area is 184 Å². The van der Waals surface area contributed by atoms with Crippen LogP contribution < -0.4 is 15.4 Å². The van der Waals surface area contributed by atoms with Crippen LogP contribution in [0.25, 0.3) is 0 Å². The van der Waals surface area contributed by atoms with Crippen LogP contribution in [0.5, 0.6) is 5.75 Å². The van der Waals surface area contributed by atoms with Gasteiger partial charge in [-0.1, -0.05) is 0 Å². The first-order chi connectivity index (χ1) is 14.8. The van der Waals surface area contributed by atoms with Crippen molar-refractivity contribution in [3.63, 3.8) is 0 Å². The van der Waals surface area contributed by atoms with Crippen molar-refractivity contribution in [3.8, 4) is 5.75 Å². The maximum atomic E-state index is 12.5. The van der Waals surface area contributed by atoms with Gasteiger partial charge in [-0.2, -0.15) is 13.2 Å². The van der Waals surface area contributed by atoms with Crippen LogP contribution in [-0.4, -0.2) is 83.0 Å². The summed E-state index contributed by atoms with van der Waals surface area (Å²) in [5.74, 6) is -1.41. The van der Waals surface area contributed by atoms with E-state index in [-0.39, 0.29) is 28.8 Å². The van der Waals surface area contributed by atoms with E-state index in [1.165, 1.54) is 39.4 Å². The molecule has 1 aliphatic heterocycles. The number of amides is 2. The highest BCUT2D eigenvalue weighted by Crippen LogP contribution is 2.29. The van der Waals surface area contributed by atoms with Gasteiger partial charge in [0.1, 0.15) is 17.2 Å². The zero-order chi connectivity index (χ0) is 24.1. The first-order valence-corrected chi connectivity index (χ1v) is 11.2. The Bertz CT molecular complexity index is 929. The van der Waals surface area contributed by atoms with Gasteiger partial charge in [-0.25, -0.2) is 12.7 Å². The largest absolute Gasteiger partial charge is 0.495 e. The van der Waals surface area contributed by atoms with E-state index >= 15 is 0 Å². The molecule has 0 aromatic heterocycles. The molecule has 1 aromatic carbocycles. The molecule has 13 heteroatoms. The molecule has 0 radical (unpaired) electrons. The molecule has 1 heterocycles. The number of anilines is 1. The van der Waals surface area contributed by atoms with Gasteiger partial charge in [0.05, 0.1) is 13.7 Å². The van der Waals surface area contributed by atoms with E-state index in [2.05, 4.69) is 5.32 Å². The summed E-state index contributed by atoms with van der Waals surface area (Å²) in [6, 6.07) is 4.27. The van der Waals surface area contributed by atoms with Crippen molar-refractivity contribution in [3.05, 3.63) is 18.2 Å². The van der Waals surface area contributed by atoms with Crippen molar-refractivity contribution in [1.82, 2.24) is 14.5 Å². The third kappa shape index (κ3) is 7.07. The lowest BCUT2D eigenvalue weighted by Gasteiger charge is -2.30. The van der Waals surface area contributed by atoms with Crippen LogP contribution in [-0.2, 0) is 19.6 Å². The number of nitrogens with one attached hydrogen (secondary N) is 2. The Morgan fingerprint density at radius 1 is 1.22 bits per heavy atom. The second-order valence-electron chi connectivity index (χ2n) is 7.58. The summed E-state index contributed by atoms with van der Waals surface area (Å²) < 4.78 is 67.8. The molecule has 0 bridgehead atoms. The Morgan fingerprint density at radius 2 is 1.84 bits per heavy atom. The summed E-state index contributed by atoms with van der Waals surface area (Å²) in [5, 5.41) is 4.53. The zero-order valence-electron chi connectivity index (χ0n) is 18.0. The topological polar surface area (TPSA) is 108 Å². The average Bonchev–Trinajstić information content (AvgIpc) is 2.71. The van der Waals surface area contributed by atoms with Crippen LogP contribution in [0.4, 0.5) is 18.9 Å². The van der Waals surface area contributed by atoms with Crippen LogP contribution in [0, 0.1) is 5.92 Å². The monoisotopic (exact) mass is 480 g/mol. The molecule has 0 unspecified atom stereocenters. The molecule has 0 spiro atoms. The molecule has 0 aliphatic carbocycles. The maximum absolute atomic E-state index is 12.5. The summed E-state index contributed by atoms with van der Waals surface area (Å²) in [6.45, 7) is -0.610. The van der Waals surface area contributed by atoms with Gasteiger partial charge in [-0.3, -0.25) is 14.5 Å². The number of carbonyl (C=O) groups is 2. The molecule has 1 saturated heterocycles. The maximum Gasteiger partial charge on any atom is 0.405 e. The average molecular weight is 481 g/mol. The summed E-state index contributed by atoms with van der Waals surface area (Å²) >= 11 is 0. The second kappa shape index (κ2) is 10.5. The summed E-state index contributed by atoms with van der Waals surface area (Å²) in [6.07, 6.45) is -3.78. The first-order valence-electron chi connectivity index (χ1n) is 9.80. The molecular formula is C19H27F3N4O5S. The lowest BCUT2D eigenvalue weighted by Crippen LogP contribution is -2.44. The number of alkyl halides is 3. The number of halogens is 3. The van der Waals surface area contributed by atoms with E-state index < -0.39 is 34.6 Å². The van der Waals surface area contributed by atoms with Gasteiger partial charge in [0.25, 0.3) is 0 Å². The minimum absolute atomic E-state index is 0.00131.